The Kier molecular flexibility index (Phi) is 3.69. The van der Waals surface area contributed by atoms with Gasteiger partial charge >= 0.3 is 0 Å². The van der Waals surface area contributed by atoms with Gasteiger partial charge in [0.1, 0.15) is 5.60 Å². The molecule has 0 aliphatic carbocycles. The summed E-state index contributed by atoms with van der Waals surface area (Å²) in [4.78, 5) is 21.6. The van der Waals surface area contributed by atoms with Gasteiger partial charge in [0.05, 0.1) is 6.54 Å². The summed E-state index contributed by atoms with van der Waals surface area (Å²) >= 11 is 0. The van der Waals surface area contributed by atoms with Crippen LogP contribution in [0.25, 0.3) is 0 Å². The predicted octanol–water partition coefficient (Wildman–Crippen LogP) is -1.38. The SMILES string of the molecule is CNC(=O)CNC(=O)C(C)(C)O. The zero-order valence-electron chi connectivity index (χ0n) is 7.47. The lowest BCUT2D eigenvalue weighted by atomic mass is 10.1. The van der Waals surface area contributed by atoms with Crippen LogP contribution in [-0.2, 0) is 9.59 Å². The van der Waals surface area contributed by atoms with Crippen molar-refractivity contribution in [1.82, 2.24) is 10.6 Å². The van der Waals surface area contributed by atoms with Crippen LogP contribution in [0, 0.1) is 0 Å². The van der Waals surface area contributed by atoms with Crippen LogP contribution in [-0.4, -0.2) is 36.1 Å². The summed E-state index contributed by atoms with van der Waals surface area (Å²) in [5.74, 6) is -0.862. The van der Waals surface area contributed by atoms with E-state index in [1.807, 2.05) is 0 Å². The highest BCUT2D eigenvalue weighted by molar-refractivity contribution is 5.88. The molecule has 2 amide bonds. The fraction of sp³-hybridized carbons (Fsp3) is 0.714. The number of carbonyl (C=O) groups is 2. The van der Waals surface area contributed by atoms with E-state index in [0.29, 0.717) is 0 Å². The van der Waals surface area contributed by atoms with Gasteiger partial charge in [-0.15, -0.1) is 0 Å². The minimum atomic E-state index is -1.44. The normalized spacial score (nSPS) is 10.7. The van der Waals surface area contributed by atoms with Crippen molar-refractivity contribution in [2.75, 3.05) is 13.6 Å². The summed E-state index contributed by atoms with van der Waals surface area (Å²) in [6.07, 6.45) is 0. The molecule has 0 radical (unpaired) electrons. The molecule has 0 rings (SSSR count). The zero-order chi connectivity index (χ0) is 9.78. The maximum Gasteiger partial charge on any atom is 0.251 e. The van der Waals surface area contributed by atoms with E-state index in [1.165, 1.54) is 20.9 Å². The van der Waals surface area contributed by atoms with Crippen LogP contribution in [0.15, 0.2) is 0 Å². The highest BCUT2D eigenvalue weighted by Gasteiger charge is 2.23. The van der Waals surface area contributed by atoms with Crippen LogP contribution < -0.4 is 10.6 Å². The summed E-state index contributed by atoms with van der Waals surface area (Å²) in [6, 6.07) is 0. The summed E-state index contributed by atoms with van der Waals surface area (Å²) in [7, 11) is 1.47. The lowest BCUT2D eigenvalue weighted by Crippen LogP contribution is -2.45. The van der Waals surface area contributed by atoms with Crippen molar-refractivity contribution in [3.63, 3.8) is 0 Å². The molecule has 0 atom stereocenters. The van der Waals surface area contributed by atoms with Gasteiger partial charge in [-0.25, -0.2) is 0 Å². The topological polar surface area (TPSA) is 78.4 Å². The first-order valence-electron chi connectivity index (χ1n) is 3.59. The first-order valence-corrected chi connectivity index (χ1v) is 3.59. The summed E-state index contributed by atoms with van der Waals surface area (Å²) in [5, 5.41) is 13.7. The lowest BCUT2D eigenvalue weighted by Gasteiger charge is -2.15. The molecule has 0 saturated carbocycles. The molecule has 0 aromatic heterocycles. The molecule has 12 heavy (non-hydrogen) atoms. The average Bonchev–Trinajstić information content (AvgIpc) is 1.97. The molecule has 0 heterocycles. The van der Waals surface area contributed by atoms with Gasteiger partial charge in [0, 0.05) is 7.05 Å². The van der Waals surface area contributed by atoms with Gasteiger partial charge in [-0.3, -0.25) is 9.59 Å². The number of hydrogen-bond acceptors (Lipinski definition) is 3. The van der Waals surface area contributed by atoms with Crippen molar-refractivity contribution >= 4 is 11.8 Å². The van der Waals surface area contributed by atoms with Crippen LogP contribution in [0.2, 0.25) is 0 Å². The van der Waals surface area contributed by atoms with Crippen molar-refractivity contribution in [2.45, 2.75) is 19.4 Å². The molecule has 0 unspecified atom stereocenters. The second-order valence-electron chi connectivity index (χ2n) is 2.91. The Morgan fingerprint density at radius 1 is 1.42 bits per heavy atom. The summed E-state index contributed by atoms with van der Waals surface area (Å²) in [5.41, 5.74) is -1.44. The number of carbonyl (C=O) groups excluding carboxylic acids is 2. The standard InChI is InChI=1S/C7H14N2O3/c1-7(2,12)6(11)9-4-5(10)8-3/h12H,4H2,1-3H3,(H,8,10)(H,9,11). The van der Waals surface area contributed by atoms with E-state index in [9.17, 15) is 9.59 Å². The van der Waals surface area contributed by atoms with Gasteiger partial charge in [0.25, 0.3) is 5.91 Å². The highest BCUT2D eigenvalue weighted by Crippen LogP contribution is 1.98. The Labute approximate surface area is 71.1 Å². The molecule has 0 aliphatic rings. The van der Waals surface area contributed by atoms with Crippen molar-refractivity contribution in [2.24, 2.45) is 0 Å². The van der Waals surface area contributed by atoms with Gasteiger partial charge < -0.3 is 15.7 Å². The third kappa shape index (κ3) is 3.92. The number of aliphatic hydroxyl groups is 1. The highest BCUT2D eigenvalue weighted by atomic mass is 16.3. The minimum absolute atomic E-state index is 0.112. The third-order valence-corrected chi connectivity index (χ3v) is 1.24. The van der Waals surface area contributed by atoms with Crippen LogP contribution >= 0.6 is 0 Å². The van der Waals surface area contributed by atoms with Gasteiger partial charge in [-0.2, -0.15) is 0 Å². The maximum atomic E-state index is 10.9. The fourth-order valence-electron chi connectivity index (χ4n) is 0.465. The molecular weight excluding hydrogens is 160 g/mol. The first-order chi connectivity index (χ1) is 5.38. The van der Waals surface area contributed by atoms with Gasteiger partial charge in [-0.05, 0) is 13.8 Å². The smallest absolute Gasteiger partial charge is 0.251 e. The zero-order valence-corrected chi connectivity index (χ0v) is 7.47. The lowest BCUT2D eigenvalue weighted by molar-refractivity contribution is -0.137. The average molecular weight is 174 g/mol. The van der Waals surface area contributed by atoms with Gasteiger partial charge in [-0.1, -0.05) is 0 Å². The second kappa shape index (κ2) is 4.06. The molecule has 5 nitrogen and oxygen atoms in total. The minimum Gasteiger partial charge on any atom is -0.381 e. The molecule has 0 aliphatic heterocycles. The van der Waals surface area contributed by atoms with E-state index in [1.54, 1.807) is 0 Å². The molecule has 0 saturated heterocycles. The number of hydrogen-bond donors (Lipinski definition) is 3. The van der Waals surface area contributed by atoms with E-state index >= 15 is 0 Å². The van der Waals surface area contributed by atoms with Crippen molar-refractivity contribution < 1.29 is 14.7 Å². The molecule has 5 heteroatoms. The molecular formula is C7H14N2O3. The van der Waals surface area contributed by atoms with E-state index in [4.69, 9.17) is 5.11 Å². The van der Waals surface area contributed by atoms with Crippen molar-refractivity contribution in [3.05, 3.63) is 0 Å². The molecule has 0 aromatic carbocycles. The number of rotatable bonds is 3. The molecule has 0 bridgehead atoms. The summed E-state index contributed by atoms with van der Waals surface area (Å²) < 4.78 is 0. The second-order valence-corrected chi connectivity index (χ2v) is 2.91. The molecule has 3 N–H and O–H groups in total. The van der Waals surface area contributed by atoms with Crippen LogP contribution in [0.3, 0.4) is 0 Å². The Morgan fingerprint density at radius 2 is 1.92 bits per heavy atom. The maximum absolute atomic E-state index is 10.9. The Morgan fingerprint density at radius 3 is 2.25 bits per heavy atom. The fourth-order valence-corrected chi connectivity index (χ4v) is 0.465. The van der Waals surface area contributed by atoms with Crippen LogP contribution in [0.5, 0.6) is 0 Å². The van der Waals surface area contributed by atoms with E-state index in [-0.39, 0.29) is 12.5 Å². The quantitative estimate of drug-likeness (QED) is 0.493. The van der Waals surface area contributed by atoms with Crippen LogP contribution in [0.4, 0.5) is 0 Å². The predicted molar refractivity (Wildman–Crippen MR) is 43.4 cm³/mol. The Hall–Kier alpha value is -1.10. The van der Waals surface area contributed by atoms with Gasteiger partial charge in [0.2, 0.25) is 5.91 Å². The Balaban J connectivity index is 3.81. The summed E-state index contributed by atoms with van der Waals surface area (Å²) in [6.45, 7) is 2.59. The van der Waals surface area contributed by atoms with Gasteiger partial charge in [0.15, 0.2) is 0 Å². The van der Waals surface area contributed by atoms with E-state index in [2.05, 4.69) is 10.6 Å². The van der Waals surface area contributed by atoms with E-state index < -0.39 is 11.5 Å². The number of likely N-dealkylation sites (N-methyl/N-ethyl adjacent to an activating group) is 1. The molecule has 70 valence electrons. The number of nitrogens with one attached hydrogen (secondary N) is 2. The van der Waals surface area contributed by atoms with Crippen LogP contribution in [0.1, 0.15) is 13.8 Å². The largest absolute Gasteiger partial charge is 0.381 e. The molecule has 0 aromatic rings. The third-order valence-electron chi connectivity index (χ3n) is 1.24. The van der Waals surface area contributed by atoms with Crippen molar-refractivity contribution in [1.29, 1.82) is 0 Å². The van der Waals surface area contributed by atoms with Crippen molar-refractivity contribution in [3.8, 4) is 0 Å². The van der Waals surface area contributed by atoms with E-state index in [0.717, 1.165) is 0 Å². The molecule has 0 spiro atoms. The number of amides is 2. The monoisotopic (exact) mass is 174 g/mol. The molecule has 0 fully saturated rings. The Bertz CT molecular complexity index is 184. The first kappa shape index (κ1) is 10.9.